The van der Waals surface area contributed by atoms with Crippen LogP contribution in [0.3, 0.4) is 0 Å². The van der Waals surface area contributed by atoms with Crippen LogP contribution in [-0.2, 0) is 0 Å². The first-order valence-electron chi connectivity index (χ1n) is 6.23. The van der Waals surface area contributed by atoms with E-state index in [1.807, 2.05) is 18.2 Å². The van der Waals surface area contributed by atoms with Crippen LogP contribution in [0.15, 0.2) is 24.3 Å². The van der Waals surface area contributed by atoms with Crippen molar-refractivity contribution in [2.45, 2.75) is 0 Å². The van der Waals surface area contributed by atoms with Crippen LogP contribution in [0.4, 0.5) is 0 Å². The fraction of sp³-hybridized carbons (Fsp3) is 0.429. The molecular weight excluding hydrogens is 248 g/mol. The van der Waals surface area contributed by atoms with Gasteiger partial charge in [-0.2, -0.15) is 0 Å². The maximum atomic E-state index is 6.08. The Bertz CT molecular complexity index is 414. The van der Waals surface area contributed by atoms with Crippen molar-refractivity contribution >= 4 is 17.7 Å². The van der Waals surface area contributed by atoms with Gasteiger partial charge in [-0.15, -0.1) is 0 Å². The number of methoxy groups -OCH3 is 1. The summed E-state index contributed by atoms with van der Waals surface area (Å²) >= 11 is 6.08. The number of nitrogens with zero attached hydrogens (tertiary/aromatic N) is 1. The molecule has 1 aromatic rings. The maximum Gasteiger partial charge on any atom is 0.137 e. The zero-order valence-electron chi connectivity index (χ0n) is 10.7. The highest BCUT2D eigenvalue weighted by molar-refractivity contribution is 6.32. The van der Waals surface area contributed by atoms with E-state index in [2.05, 4.69) is 22.4 Å². The molecule has 0 amide bonds. The minimum atomic E-state index is 0.654. The molecule has 2 rings (SSSR count). The van der Waals surface area contributed by atoms with Gasteiger partial charge in [0.1, 0.15) is 5.75 Å². The third kappa shape index (κ3) is 3.73. The van der Waals surface area contributed by atoms with Crippen molar-refractivity contribution in [3.8, 4) is 5.75 Å². The first kappa shape index (κ1) is 13.4. The van der Waals surface area contributed by atoms with E-state index in [1.165, 1.54) is 0 Å². The van der Waals surface area contributed by atoms with E-state index in [9.17, 15) is 0 Å². The average Bonchev–Trinajstić information content (AvgIpc) is 2.40. The zero-order chi connectivity index (χ0) is 12.8. The predicted molar refractivity (Wildman–Crippen MR) is 76.3 cm³/mol. The molecule has 0 unspecified atom stereocenters. The van der Waals surface area contributed by atoms with E-state index in [-0.39, 0.29) is 0 Å². The second-order valence-electron chi connectivity index (χ2n) is 4.35. The number of ether oxygens (including phenoxy) is 1. The van der Waals surface area contributed by atoms with Crippen molar-refractivity contribution in [2.75, 3.05) is 39.8 Å². The van der Waals surface area contributed by atoms with Gasteiger partial charge >= 0.3 is 0 Å². The molecule has 1 N–H and O–H groups in total. The Morgan fingerprint density at radius 2 is 2.17 bits per heavy atom. The lowest BCUT2D eigenvalue weighted by Crippen LogP contribution is -2.43. The van der Waals surface area contributed by atoms with Gasteiger partial charge in [0.15, 0.2) is 0 Å². The molecule has 1 aliphatic heterocycles. The normalized spacial score (nSPS) is 17.2. The van der Waals surface area contributed by atoms with Crippen molar-refractivity contribution in [3.63, 3.8) is 0 Å². The number of hydrogen-bond acceptors (Lipinski definition) is 3. The molecule has 1 fully saturated rings. The third-order valence-corrected chi connectivity index (χ3v) is 3.35. The molecule has 0 bridgehead atoms. The quantitative estimate of drug-likeness (QED) is 0.905. The van der Waals surface area contributed by atoms with Crippen molar-refractivity contribution in [1.29, 1.82) is 0 Å². The molecule has 98 valence electrons. The third-order valence-electron chi connectivity index (χ3n) is 3.06. The highest BCUT2D eigenvalue weighted by Gasteiger charge is 2.06. The van der Waals surface area contributed by atoms with Gasteiger partial charge in [0.05, 0.1) is 12.1 Å². The van der Waals surface area contributed by atoms with E-state index in [4.69, 9.17) is 16.3 Å². The Kier molecular flexibility index (Phi) is 5.05. The van der Waals surface area contributed by atoms with Crippen LogP contribution in [-0.4, -0.2) is 44.7 Å². The molecule has 18 heavy (non-hydrogen) atoms. The summed E-state index contributed by atoms with van der Waals surface area (Å²) in [5, 5.41) is 4.00. The van der Waals surface area contributed by atoms with Crippen LogP contribution in [0, 0.1) is 0 Å². The molecule has 4 heteroatoms. The zero-order valence-corrected chi connectivity index (χ0v) is 11.4. The van der Waals surface area contributed by atoms with Crippen molar-refractivity contribution in [2.24, 2.45) is 0 Å². The fourth-order valence-corrected chi connectivity index (χ4v) is 2.28. The van der Waals surface area contributed by atoms with E-state index >= 15 is 0 Å². The molecule has 1 saturated heterocycles. The minimum Gasteiger partial charge on any atom is -0.495 e. The molecular formula is C14H19ClN2O. The average molecular weight is 267 g/mol. The number of benzene rings is 1. The predicted octanol–water partition coefficient (Wildman–Crippen LogP) is 2.27. The molecule has 0 aromatic heterocycles. The summed E-state index contributed by atoms with van der Waals surface area (Å²) in [7, 11) is 1.63. The van der Waals surface area contributed by atoms with Crippen LogP contribution < -0.4 is 10.1 Å². The monoisotopic (exact) mass is 266 g/mol. The van der Waals surface area contributed by atoms with Gasteiger partial charge in [0.25, 0.3) is 0 Å². The van der Waals surface area contributed by atoms with Crippen LogP contribution in [0.5, 0.6) is 5.75 Å². The second kappa shape index (κ2) is 6.78. The van der Waals surface area contributed by atoms with E-state index < -0.39 is 0 Å². The van der Waals surface area contributed by atoms with Gasteiger partial charge in [-0.05, 0) is 17.7 Å². The lowest BCUT2D eigenvalue weighted by molar-refractivity contribution is 0.265. The SMILES string of the molecule is COc1ccc(/C=C/CN2CCNCC2)cc1Cl. The first-order chi connectivity index (χ1) is 8.79. The Hall–Kier alpha value is -1.03. The number of rotatable bonds is 4. The highest BCUT2D eigenvalue weighted by Crippen LogP contribution is 2.25. The molecule has 0 spiro atoms. The number of halogens is 1. The lowest BCUT2D eigenvalue weighted by atomic mass is 10.2. The summed E-state index contributed by atoms with van der Waals surface area (Å²) in [5.74, 6) is 0.718. The van der Waals surface area contributed by atoms with Crippen molar-refractivity contribution < 1.29 is 4.74 Å². The summed E-state index contributed by atoms with van der Waals surface area (Å²) in [6, 6.07) is 5.83. The number of piperazine rings is 1. The molecule has 0 aliphatic carbocycles. The molecule has 1 aliphatic rings. The molecule has 3 nitrogen and oxygen atoms in total. The molecule has 1 aromatic carbocycles. The molecule has 0 saturated carbocycles. The summed E-state index contributed by atoms with van der Waals surface area (Å²) in [6.45, 7) is 5.40. The van der Waals surface area contributed by atoms with Crippen molar-refractivity contribution in [3.05, 3.63) is 34.9 Å². The molecule has 0 radical (unpaired) electrons. The Labute approximate surface area is 113 Å². The van der Waals surface area contributed by atoms with Crippen molar-refractivity contribution in [1.82, 2.24) is 10.2 Å². The Morgan fingerprint density at radius 3 is 2.83 bits per heavy atom. The van der Waals surface area contributed by atoms with E-state index in [0.717, 1.165) is 44.0 Å². The Morgan fingerprint density at radius 1 is 1.39 bits per heavy atom. The molecule has 0 atom stereocenters. The summed E-state index contributed by atoms with van der Waals surface area (Å²) in [6.07, 6.45) is 4.29. The number of nitrogens with one attached hydrogen (secondary N) is 1. The van der Waals surface area contributed by atoms with Gasteiger partial charge in [0, 0.05) is 32.7 Å². The van der Waals surface area contributed by atoms with E-state index in [0.29, 0.717) is 5.02 Å². The number of hydrogen-bond donors (Lipinski definition) is 1. The molecule has 1 heterocycles. The summed E-state index contributed by atoms with van der Waals surface area (Å²) in [5.41, 5.74) is 1.11. The standard InChI is InChI=1S/C14H19ClN2O/c1-18-14-5-4-12(11-13(14)15)3-2-8-17-9-6-16-7-10-17/h2-5,11,16H,6-10H2,1H3/b3-2+. The van der Waals surface area contributed by atoms with E-state index in [1.54, 1.807) is 7.11 Å². The second-order valence-corrected chi connectivity index (χ2v) is 4.75. The first-order valence-corrected chi connectivity index (χ1v) is 6.60. The highest BCUT2D eigenvalue weighted by atomic mass is 35.5. The summed E-state index contributed by atoms with van der Waals surface area (Å²) in [4.78, 5) is 2.43. The van der Waals surface area contributed by atoms with Gasteiger partial charge < -0.3 is 10.1 Å². The van der Waals surface area contributed by atoms with Gasteiger partial charge in [-0.1, -0.05) is 29.8 Å². The largest absolute Gasteiger partial charge is 0.495 e. The minimum absolute atomic E-state index is 0.654. The van der Waals surface area contributed by atoms with Crippen LogP contribution >= 0.6 is 11.6 Å². The van der Waals surface area contributed by atoms with Crippen LogP contribution in [0.2, 0.25) is 5.02 Å². The smallest absolute Gasteiger partial charge is 0.137 e. The van der Waals surface area contributed by atoms with Crippen LogP contribution in [0.1, 0.15) is 5.56 Å². The summed E-state index contributed by atoms with van der Waals surface area (Å²) < 4.78 is 5.13. The van der Waals surface area contributed by atoms with Crippen LogP contribution in [0.25, 0.3) is 6.08 Å². The Balaban J connectivity index is 1.90. The fourth-order valence-electron chi connectivity index (χ4n) is 2.02. The van der Waals surface area contributed by atoms with Gasteiger partial charge in [-0.3, -0.25) is 4.90 Å². The van der Waals surface area contributed by atoms with Gasteiger partial charge in [-0.25, -0.2) is 0 Å². The van der Waals surface area contributed by atoms with Gasteiger partial charge in [0.2, 0.25) is 0 Å². The lowest BCUT2D eigenvalue weighted by Gasteiger charge is -2.25. The maximum absolute atomic E-state index is 6.08. The topological polar surface area (TPSA) is 24.5 Å².